The molecule has 4 nitrogen and oxygen atoms in total. The van der Waals surface area contributed by atoms with Crippen LogP contribution in [0.3, 0.4) is 0 Å². The fourth-order valence-electron chi connectivity index (χ4n) is 1.26. The second-order valence-corrected chi connectivity index (χ2v) is 4.93. The Balaban J connectivity index is 2.86. The minimum absolute atomic E-state index is 0.0493. The maximum absolute atomic E-state index is 11.4. The average Bonchev–Trinajstić information content (AvgIpc) is 2.23. The first kappa shape index (κ1) is 13.0. The number of alkyl halides is 1. The third-order valence-electron chi connectivity index (χ3n) is 2.08. The molecule has 0 aliphatic rings. The van der Waals surface area contributed by atoms with Crippen LogP contribution in [-0.4, -0.2) is 15.3 Å². The molecule has 1 heterocycles. The summed E-state index contributed by atoms with van der Waals surface area (Å²) < 4.78 is 1.59. The van der Waals surface area contributed by atoms with Gasteiger partial charge in [-0.2, -0.15) is 0 Å². The van der Waals surface area contributed by atoms with Gasteiger partial charge in [0.2, 0.25) is 5.91 Å². The predicted molar refractivity (Wildman–Crippen MR) is 68.0 cm³/mol. The zero-order valence-electron chi connectivity index (χ0n) is 9.37. The maximum Gasteiger partial charge on any atom is 0.250 e. The number of halogens is 1. The van der Waals surface area contributed by atoms with Gasteiger partial charge in [-0.3, -0.25) is 9.59 Å². The van der Waals surface area contributed by atoms with E-state index >= 15 is 0 Å². The minimum Gasteiger partial charge on any atom is -0.324 e. The number of hydrogen-bond acceptors (Lipinski definition) is 2. The van der Waals surface area contributed by atoms with E-state index < -0.39 is 0 Å². The van der Waals surface area contributed by atoms with Gasteiger partial charge in [0.05, 0.1) is 10.5 Å². The Bertz CT molecular complexity index is 426. The summed E-state index contributed by atoms with van der Waals surface area (Å²) in [5.74, 6) is -0.123. The third kappa shape index (κ3) is 3.48. The Morgan fingerprint density at radius 2 is 2.25 bits per heavy atom. The molecule has 0 aliphatic carbocycles. The molecule has 1 aromatic rings. The molecule has 0 saturated heterocycles. The fourth-order valence-corrected chi connectivity index (χ4v) is 1.38. The highest BCUT2D eigenvalue weighted by molar-refractivity contribution is 9.10. The van der Waals surface area contributed by atoms with Crippen molar-refractivity contribution in [2.24, 2.45) is 0 Å². The van der Waals surface area contributed by atoms with Crippen molar-refractivity contribution < 1.29 is 4.79 Å². The van der Waals surface area contributed by atoms with Crippen molar-refractivity contribution in [1.82, 2.24) is 4.57 Å². The molecule has 0 aliphatic heterocycles. The van der Waals surface area contributed by atoms with Crippen molar-refractivity contribution in [1.29, 1.82) is 0 Å². The molecule has 0 spiro atoms. The third-order valence-corrected chi connectivity index (χ3v) is 2.49. The van der Waals surface area contributed by atoms with E-state index in [1.165, 1.54) is 6.07 Å². The number of nitrogens with one attached hydrogen (secondary N) is 1. The van der Waals surface area contributed by atoms with Crippen LogP contribution in [0, 0.1) is 0 Å². The Morgan fingerprint density at radius 3 is 2.81 bits per heavy atom. The van der Waals surface area contributed by atoms with Crippen molar-refractivity contribution >= 4 is 27.5 Å². The molecule has 1 aromatic heterocycles. The monoisotopic (exact) mass is 286 g/mol. The van der Waals surface area contributed by atoms with E-state index in [-0.39, 0.29) is 16.3 Å². The summed E-state index contributed by atoms with van der Waals surface area (Å²) >= 11 is 3.18. The van der Waals surface area contributed by atoms with Gasteiger partial charge in [-0.15, -0.1) is 0 Å². The molecule has 0 fully saturated rings. The van der Waals surface area contributed by atoms with Gasteiger partial charge in [0.1, 0.15) is 0 Å². The van der Waals surface area contributed by atoms with Gasteiger partial charge in [0.25, 0.3) is 5.56 Å². The summed E-state index contributed by atoms with van der Waals surface area (Å²) in [5, 5.41) is 2.72. The van der Waals surface area contributed by atoms with Crippen molar-refractivity contribution in [3.63, 3.8) is 0 Å². The Hall–Kier alpha value is -1.10. The second kappa shape index (κ2) is 5.84. The van der Waals surface area contributed by atoms with E-state index in [9.17, 15) is 9.59 Å². The number of pyridine rings is 1. The fraction of sp³-hybridized carbons (Fsp3) is 0.455. The van der Waals surface area contributed by atoms with Gasteiger partial charge in [0.15, 0.2) is 0 Å². The highest BCUT2D eigenvalue weighted by Crippen LogP contribution is 2.07. The molecule has 0 saturated carbocycles. The average molecular weight is 287 g/mol. The van der Waals surface area contributed by atoms with Crippen LogP contribution in [0.5, 0.6) is 0 Å². The first-order chi connectivity index (χ1) is 7.54. The van der Waals surface area contributed by atoms with E-state index in [0.717, 1.165) is 6.42 Å². The summed E-state index contributed by atoms with van der Waals surface area (Å²) in [6.45, 7) is 4.40. The van der Waals surface area contributed by atoms with Crippen LogP contribution in [0.2, 0.25) is 0 Å². The lowest BCUT2D eigenvalue weighted by Gasteiger charge is -2.09. The number of nitrogens with zero attached hydrogens (tertiary/aromatic N) is 1. The molecule has 1 N–H and O–H groups in total. The molecule has 0 aromatic carbocycles. The highest BCUT2D eigenvalue weighted by Gasteiger charge is 2.08. The number of carbonyl (C=O) groups is 1. The molecule has 1 atom stereocenters. The lowest BCUT2D eigenvalue weighted by atomic mass is 10.3. The Labute approximate surface area is 103 Å². The summed E-state index contributed by atoms with van der Waals surface area (Å²) in [6, 6.07) is 3.08. The molecule has 1 rings (SSSR count). The molecule has 1 unspecified atom stereocenters. The zero-order chi connectivity index (χ0) is 12.1. The summed E-state index contributed by atoms with van der Waals surface area (Å²) in [4.78, 5) is 22.6. The standard InChI is InChI=1S/C11H15BrN2O2/c1-3-6-14-7-9(4-5-10(14)15)13-11(16)8(2)12/h4-5,7-8H,3,6H2,1-2H3,(H,13,16). The normalized spacial score (nSPS) is 12.2. The van der Waals surface area contributed by atoms with E-state index in [2.05, 4.69) is 21.2 Å². The van der Waals surface area contributed by atoms with Crippen molar-refractivity contribution in [3.05, 3.63) is 28.7 Å². The Kier molecular flexibility index (Phi) is 4.73. The molecule has 0 bridgehead atoms. The molecule has 0 radical (unpaired) electrons. The number of hydrogen-bond donors (Lipinski definition) is 1. The van der Waals surface area contributed by atoms with Crippen LogP contribution in [0.1, 0.15) is 20.3 Å². The molecule has 1 amide bonds. The highest BCUT2D eigenvalue weighted by atomic mass is 79.9. The van der Waals surface area contributed by atoms with Gasteiger partial charge in [-0.25, -0.2) is 0 Å². The van der Waals surface area contributed by atoms with E-state index in [1.807, 2.05) is 6.92 Å². The van der Waals surface area contributed by atoms with Crippen LogP contribution in [0.25, 0.3) is 0 Å². The van der Waals surface area contributed by atoms with Crippen LogP contribution >= 0.6 is 15.9 Å². The van der Waals surface area contributed by atoms with Crippen LogP contribution in [-0.2, 0) is 11.3 Å². The topological polar surface area (TPSA) is 51.1 Å². The number of aryl methyl sites for hydroxylation is 1. The largest absolute Gasteiger partial charge is 0.324 e. The van der Waals surface area contributed by atoms with Crippen molar-refractivity contribution in [3.8, 4) is 0 Å². The summed E-state index contributed by atoms with van der Waals surface area (Å²) in [5.41, 5.74) is 0.594. The quantitative estimate of drug-likeness (QED) is 0.861. The van der Waals surface area contributed by atoms with Gasteiger partial charge in [0, 0.05) is 18.8 Å². The molecular formula is C11H15BrN2O2. The van der Waals surface area contributed by atoms with Gasteiger partial charge >= 0.3 is 0 Å². The minimum atomic E-state index is -0.251. The summed E-state index contributed by atoms with van der Waals surface area (Å²) in [7, 11) is 0. The van der Waals surface area contributed by atoms with Crippen molar-refractivity contribution in [2.45, 2.75) is 31.6 Å². The SMILES string of the molecule is CCCn1cc(NC(=O)C(C)Br)ccc1=O. The second-order valence-electron chi connectivity index (χ2n) is 3.55. The van der Waals surface area contributed by atoms with Gasteiger partial charge in [-0.1, -0.05) is 22.9 Å². The molecule has 88 valence electrons. The smallest absolute Gasteiger partial charge is 0.250 e. The van der Waals surface area contributed by atoms with Gasteiger partial charge in [-0.05, 0) is 19.4 Å². The molecule has 5 heteroatoms. The van der Waals surface area contributed by atoms with Crippen LogP contribution < -0.4 is 10.9 Å². The van der Waals surface area contributed by atoms with Crippen molar-refractivity contribution in [2.75, 3.05) is 5.32 Å². The number of rotatable bonds is 4. The summed E-state index contributed by atoms with van der Waals surface area (Å²) in [6.07, 6.45) is 2.55. The van der Waals surface area contributed by atoms with Gasteiger partial charge < -0.3 is 9.88 Å². The first-order valence-corrected chi connectivity index (χ1v) is 6.11. The van der Waals surface area contributed by atoms with Crippen LogP contribution in [0.15, 0.2) is 23.1 Å². The molecule has 16 heavy (non-hydrogen) atoms. The van der Waals surface area contributed by atoms with E-state index in [4.69, 9.17) is 0 Å². The van der Waals surface area contributed by atoms with E-state index in [1.54, 1.807) is 23.8 Å². The number of carbonyl (C=O) groups excluding carboxylic acids is 1. The van der Waals surface area contributed by atoms with Crippen LogP contribution in [0.4, 0.5) is 5.69 Å². The number of amides is 1. The lowest BCUT2D eigenvalue weighted by molar-refractivity contribution is -0.115. The van der Waals surface area contributed by atoms with E-state index in [0.29, 0.717) is 12.2 Å². The first-order valence-electron chi connectivity index (χ1n) is 5.20. The maximum atomic E-state index is 11.4. The number of anilines is 1. The predicted octanol–water partition coefficient (Wildman–Crippen LogP) is 1.98. The molecular weight excluding hydrogens is 272 g/mol. The number of aromatic nitrogens is 1. The zero-order valence-corrected chi connectivity index (χ0v) is 11.0. The Morgan fingerprint density at radius 1 is 1.56 bits per heavy atom. The lowest BCUT2D eigenvalue weighted by Crippen LogP contribution is -2.23.